The zero-order valence-electron chi connectivity index (χ0n) is 6.92. The quantitative estimate of drug-likeness (QED) is 0.364. The van der Waals surface area contributed by atoms with Gasteiger partial charge in [0.05, 0.1) is 12.1 Å². The van der Waals surface area contributed by atoms with Crippen molar-refractivity contribution >= 4 is 6.29 Å². The minimum Gasteiger partial charge on any atom is -0.390 e. The third-order valence-corrected chi connectivity index (χ3v) is 1.71. The fraction of sp³-hybridized carbons (Fsp3) is 0.857. The van der Waals surface area contributed by atoms with Crippen molar-refractivity contribution in [1.29, 1.82) is 0 Å². The second-order valence-corrected chi connectivity index (χ2v) is 2.67. The summed E-state index contributed by atoms with van der Waals surface area (Å²) >= 11 is 0. The van der Waals surface area contributed by atoms with E-state index in [1.165, 1.54) is 0 Å². The highest BCUT2D eigenvalue weighted by Gasteiger charge is 2.27. The molecule has 0 saturated heterocycles. The number of aldehydes is 1. The van der Waals surface area contributed by atoms with Crippen LogP contribution in [-0.2, 0) is 4.79 Å². The van der Waals surface area contributed by atoms with E-state index in [0.29, 0.717) is 12.7 Å². The molecular formula is C7H15NO4. The van der Waals surface area contributed by atoms with Gasteiger partial charge in [-0.3, -0.25) is 0 Å². The van der Waals surface area contributed by atoms with Gasteiger partial charge < -0.3 is 25.8 Å². The van der Waals surface area contributed by atoms with E-state index >= 15 is 0 Å². The van der Waals surface area contributed by atoms with Gasteiger partial charge in [-0.2, -0.15) is 0 Å². The summed E-state index contributed by atoms with van der Waals surface area (Å²) < 4.78 is 0. The maximum Gasteiger partial charge on any atom is 0.139 e. The molecule has 0 fully saturated rings. The van der Waals surface area contributed by atoms with Crippen molar-refractivity contribution in [1.82, 2.24) is 0 Å². The largest absolute Gasteiger partial charge is 0.390 e. The highest BCUT2D eigenvalue weighted by Crippen LogP contribution is 2.05. The van der Waals surface area contributed by atoms with Crippen LogP contribution >= 0.6 is 0 Å². The molecule has 0 bridgehead atoms. The number of hydrogen-bond acceptors (Lipinski definition) is 5. The van der Waals surface area contributed by atoms with Crippen LogP contribution in [0.5, 0.6) is 0 Å². The van der Waals surface area contributed by atoms with Crippen LogP contribution in [0.4, 0.5) is 0 Å². The number of rotatable bonds is 5. The lowest BCUT2D eigenvalue weighted by Gasteiger charge is -2.23. The van der Waals surface area contributed by atoms with Gasteiger partial charge in [-0.05, 0) is 6.42 Å². The monoisotopic (exact) mass is 177 g/mol. The van der Waals surface area contributed by atoms with E-state index in [-0.39, 0.29) is 0 Å². The first kappa shape index (κ1) is 11.5. The molecule has 0 aliphatic heterocycles. The predicted octanol–water partition coefficient (Wildman–Crippen LogP) is -1.99. The lowest BCUT2D eigenvalue weighted by atomic mass is 10.0. The Labute approximate surface area is 70.8 Å². The van der Waals surface area contributed by atoms with Crippen molar-refractivity contribution in [2.24, 2.45) is 5.73 Å². The van der Waals surface area contributed by atoms with Gasteiger partial charge in [-0.1, -0.05) is 6.92 Å². The summed E-state index contributed by atoms with van der Waals surface area (Å²) in [6, 6.07) is -1.15. The maximum atomic E-state index is 10.1. The molecule has 0 saturated carbocycles. The maximum absolute atomic E-state index is 10.1. The summed E-state index contributed by atoms with van der Waals surface area (Å²) in [5.74, 6) is 0. The average molecular weight is 177 g/mol. The van der Waals surface area contributed by atoms with Crippen LogP contribution < -0.4 is 5.73 Å². The Bertz CT molecular complexity index is 141. The van der Waals surface area contributed by atoms with Crippen LogP contribution in [0.3, 0.4) is 0 Å². The van der Waals surface area contributed by atoms with Gasteiger partial charge in [-0.15, -0.1) is 0 Å². The highest BCUT2D eigenvalue weighted by molar-refractivity contribution is 5.58. The summed E-state index contributed by atoms with van der Waals surface area (Å²) in [6.07, 6.45) is -3.20. The molecule has 0 aromatic heterocycles. The van der Waals surface area contributed by atoms with Crippen molar-refractivity contribution in [3.8, 4) is 0 Å². The van der Waals surface area contributed by atoms with Gasteiger partial charge in [-0.25, -0.2) is 0 Å². The van der Waals surface area contributed by atoms with Crippen LogP contribution in [0.25, 0.3) is 0 Å². The number of aliphatic hydroxyl groups is 3. The SMILES string of the molecule is CC[C@@H](O)[C@@H](O)[C@H](O)[C@@H](N)C=O. The molecule has 5 nitrogen and oxygen atoms in total. The van der Waals surface area contributed by atoms with Crippen molar-refractivity contribution in [2.45, 2.75) is 37.7 Å². The highest BCUT2D eigenvalue weighted by atomic mass is 16.4. The van der Waals surface area contributed by atoms with Crippen LogP contribution in [-0.4, -0.2) is 46.0 Å². The van der Waals surface area contributed by atoms with Crippen molar-refractivity contribution in [2.75, 3.05) is 0 Å². The van der Waals surface area contributed by atoms with Crippen molar-refractivity contribution in [3.63, 3.8) is 0 Å². The molecule has 0 radical (unpaired) electrons. The summed E-state index contributed by atoms with van der Waals surface area (Å²) in [6.45, 7) is 1.65. The average Bonchev–Trinajstić information content (AvgIpc) is 2.12. The van der Waals surface area contributed by atoms with E-state index in [9.17, 15) is 4.79 Å². The first-order chi connectivity index (χ1) is 5.54. The molecule has 0 aliphatic carbocycles. The number of carbonyl (C=O) groups excluding carboxylic acids is 1. The molecule has 0 aromatic carbocycles. The summed E-state index contributed by atoms with van der Waals surface area (Å²) in [5.41, 5.74) is 5.12. The Morgan fingerprint density at radius 2 is 1.83 bits per heavy atom. The van der Waals surface area contributed by atoms with Crippen molar-refractivity contribution < 1.29 is 20.1 Å². The topological polar surface area (TPSA) is 104 Å². The molecule has 0 aromatic rings. The van der Waals surface area contributed by atoms with Gasteiger partial charge in [0.2, 0.25) is 0 Å². The molecule has 4 atom stereocenters. The molecule has 0 aliphatic rings. The molecule has 5 heteroatoms. The standard InChI is InChI=1S/C7H15NO4/c1-2-5(10)7(12)6(11)4(8)3-9/h3-7,10-12H,2,8H2,1H3/t4-,5+,6+,7+/m0/s1. The Morgan fingerprint density at radius 1 is 1.33 bits per heavy atom. The smallest absolute Gasteiger partial charge is 0.139 e. The number of nitrogens with two attached hydrogens (primary N) is 1. The first-order valence-corrected chi connectivity index (χ1v) is 3.79. The van der Waals surface area contributed by atoms with Crippen LogP contribution in [0.1, 0.15) is 13.3 Å². The Kier molecular flexibility index (Phi) is 5.00. The summed E-state index contributed by atoms with van der Waals surface area (Å²) in [4.78, 5) is 10.1. The second kappa shape index (κ2) is 5.21. The van der Waals surface area contributed by atoms with E-state index in [1.807, 2.05) is 0 Å². The van der Waals surface area contributed by atoms with E-state index in [4.69, 9.17) is 21.1 Å². The molecule has 0 spiro atoms. The molecule has 0 unspecified atom stereocenters. The lowest BCUT2D eigenvalue weighted by molar-refractivity contribution is -0.116. The Balaban J connectivity index is 4.07. The van der Waals surface area contributed by atoms with E-state index in [1.54, 1.807) is 6.92 Å². The van der Waals surface area contributed by atoms with Crippen LogP contribution in [0, 0.1) is 0 Å². The summed E-state index contributed by atoms with van der Waals surface area (Å²) in [7, 11) is 0. The normalized spacial score (nSPS) is 21.1. The predicted molar refractivity (Wildman–Crippen MR) is 42.4 cm³/mol. The van der Waals surface area contributed by atoms with E-state index < -0.39 is 24.4 Å². The molecule has 0 heterocycles. The Morgan fingerprint density at radius 3 is 2.17 bits per heavy atom. The zero-order valence-corrected chi connectivity index (χ0v) is 6.92. The third-order valence-electron chi connectivity index (χ3n) is 1.71. The molecule has 72 valence electrons. The number of carbonyl (C=O) groups is 1. The minimum absolute atomic E-state index is 0.295. The Hall–Kier alpha value is -0.490. The van der Waals surface area contributed by atoms with Gasteiger partial charge >= 0.3 is 0 Å². The second-order valence-electron chi connectivity index (χ2n) is 2.67. The molecule has 5 N–H and O–H groups in total. The first-order valence-electron chi connectivity index (χ1n) is 3.79. The molecule has 0 rings (SSSR count). The molecule has 0 amide bonds. The van der Waals surface area contributed by atoms with Gasteiger partial charge in [0, 0.05) is 0 Å². The fourth-order valence-electron chi connectivity index (χ4n) is 0.777. The minimum atomic E-state index is -1.41. The summed E-state index contributed by atoms with van der Waals surface area (Å²) in [5, 5.41) is 27.3. The van der Waals surface area contributed by atoms with Crippen molar-refractivity contribution in [3.05, 3.63) is 0 Å². The van der Waals surface area contributed by atoms with E-state index in [2.05, 4.69) is 0 Å². The molecule has 12 heavy (non-hydrogen) atoms. The van der Waals surface area contributed by atoms with Gasteiger partial charge in [0.25, 0.3) is 0 Å². The third kappa shape index (κ3) is 2.86. The van der Waals surface area contributed by atoms with Gasteiger partial charge in [0.15, 0.2) is 0 Å². The lowest BCUT2D eigenvalue weighted by Crippen LogP contribution is -2.48. The zero-order chi connectivity index (χ0) is 9.72. The number of hydrogen-bond donors (Lipinski definition) is 4. The fourth-order valence-corrected chi connectivity index (χ4v) is 0.777. The van der Waals surface area contributed by atoms with Crippen LogP contribution in [0.15, 0.2) is 0 Å². The number of aliphatic hydroxyl groups excluding tert-OH is 3. The van der Waals surface area contributed by atoms with E-state index in [0.717, 1.165) is 0 Å². The van der Waals surface area contributed by atoms with Crippen LogP contribution in [0.2, 0.25) is 0 Å². The van der Waals surface area contributed by atoms with Gasteiger partial charge in [0.1, 0.15) is 18.5 Å². The molecular weight excluding hydrogens is 162 g/mol.